The first-order valence-electron chi connectivity index (χ1n) is 8.33. The molecule has 1 unspecified atom stereocenters. The van der Waals surface area contributed by atoms with Gasteiger partial charge in [0.15, 0.2) is 5.13 Å². The van der Waals surface area contributed by atoms with Crippen molar-refractivity contribution in [2.75, 3.05) is 18.5 Å². The van der Waals surface area contributed by atoms with Gasteiger partial charge in [-0.3, -0.25) is 5.32 Å². The molecule has 3 aromatic rings. The van der Waals surface area contributed by atoms with Crippen LogP contribution in [0.3, 0.4) is 0 Å². The zero-order chi connectivity index (χ0) is 17.1. The Labute approximate surface area is 154 Å². The molecule has 25 heavy (non-hydrogen) atoms. The molecule has 1 aliphatic heterocycles. The van der Waals surface area contributed by atoms with E-state index < -0.39 is 0 Å². The maximum atomic E-state index is 12.8. The van der Waals surface area contributed by atoms with Crippen molar-refractivity contribution in [3.63, 3.8) is 0 Å². The minimum atomic E-state index is -0.122. The van der Waals surface area contributed by atoms with Crippen LogP contribution in [-0.4, -0.2) is 35.2 Å². The van der Waals surface area contributed by atoms with Crippen molar-refractivity contribution in [3.8, 4) is 0 Å². The number of nitrogens with zero attached hydrogens (tertiary/aromatic N) is 2. The molecular formula is C18H19N3O2S2. The standard InChI is InChI=1S/C18H19N3O2S2/c22-18(20-17-19-15-7-1-2-8-16(15)25-17)21(11-13-5-3-9-23-13)12-14-6-4-10-24-14/h1-2,4,6-8,10,13H,3,5,9,11-12H2,(H,19,20,22). The number of para-hydroxylation sites is 1. The first-order chi connectivity index (χ1) is 12.3. The smallest absolute Gasteiger partial charge is 0.324 e. The van der Waals surface area contributed by atoms with Gasteiger partial charge in [-0.25, -0.2) is 9.78 Å². The van der Waals surface area contributed by atoms with Gasteiger partial charge in [0.05, 0.1) is 22.9 Å². The number of rotatable bonds is 5. The molecule has 1 aromatic carbocycles. The fourth-order valence-electron chi connectivity index (χ4n) is 2.94. The molecule has 0 radical (unpaired) electrons. The summed E-state index contributed by atoms with van der Waals surface area (Å²) in [5.41, 5.74) is 0.909. The molecular weight excluding hydrogens is 354 g/mol. The Morgan fingerprint density at radius 1 is 1.32 bits per heavy atom. The van der Waals surface area contributed by atoms with Gasteiger partial charge in [0.1, 0.15) is 0 Å². The van der Waals surface area contributed by atoms with Crippen LogP contribution in [0.15, 0.2) is 41.8 Å². The molecule has 2 aromatic heterocycles. The average molecular weight is 374 g/mol. The van der Waals surface area contributed by atoms with E-state index in [0.29, 0.717) is 18.2 Å². The number of anilines is 1. The highest BCUT2D eigenvalue weighted by Gasteiger charge is 2.23. The second-order valence-electron chi connectivity index (χ2n) is 6.01. The summed E-state index contributed by atoms with van der Waals surface area (Å²) in [6.45, 7) is 1.99. The lowest BCUT2D eigenvalue weighted by Gasteiger charge is -2.24. The molecule has 2 amide bonds. The molecule has 7 heteroatoms. The molecule has 0 aliphatic carbocycles. The third-order valence-corrected chi connectivity index (χ3v) is 5.98. The van der Waals surface area contributed by atoms with Crippen molar-refractivity contribution in [3.05, 3.63) is 46.7 Å². The van der Waals surface area contributed by atoms with Gasteiger partial charge in [0.25, 0.3) is 0 Å². The molecule has 3 heterocycles. The van der Waals surface area contributed by atoms with E-state index >= 15 is 0 Å². The van der Waals surface area contributed by atoms with E-state index in [1.165, 1.54) is 11.3 Å². The summed E-state index contributed by atoms with van der Waals surface area (Å²) in [5.74, 6) is 0. The third kappa shape index (κ3) is 4.00. The van der Waals surface area contributed by atoms with Crippen LogP contribution in [0, 0.1) is 0 Å². The number of amides is 2. The number of urea groups is 1. The number of thiophene rings is 1. The number of nitrogens with one attached hydrogen (secondary N) is 1. The van der Waals surface area contributed by atoms with Gasteiger partial charge in [-0.05, 0) is 36.4 Å². The summed E-state index contributed by atoms with van der Waals surface area (Å²) in [4.78, 5) is 20.3. The summed E-state index contributed by atoms with van der Waals surface area (Å²) in [5, 5.41) is 5.63. The van der Waals surface area contributed by atoms with Crippen LogP contribution in [0.5, 0.6) is 0 Å². The number of fused-ring (bicyclic) bond motifs is 1. The van der Waals surface area contributed by atoms with Gasteiger partial charge in [0, 0.05) is 18.0 Å². The number of thiazole rings is 1. The Morgan fingerprint density at radius 2 is 2.24 bits per heavy atom. The number of hydrogen-bond acceptors (Lipinski definition) is 5. The third-order valence-electron chi connectivity index (χ3n) is 4.17. The number of carbonyl (C=O) groups is 1. The van der Waals surface area contributed by atoms with E-state index in [9.17, 15) is 4.79 Å². The number of benzene rings is 1. The zero-order valence-corrected chi connectivity index (χ0v) is 15.3. The van der Waals surface area contributed by atoms with Crippen LogP contribution in [0.2, 0.25) is 0 Å². The van der Waals surface area contributed by atoms with E-state index in [4.69, 9.17) is 4.74 Å². The van der Waals surface area contributed by atoms with Crippen molar-refractivity contribution >= 4 is 44.1 Å². The lowest BCUT2D eigenvalue weighted by molar-refractivity contribution is 0.0821. The van der Waals surface area contributed by atoms with Crippen molar-refractivity contribution in [1.82, 2.24) is 9.88 Å². The Balaban J connectivity index is 1.49. The fraction of sp³-hybridized carbons (Fsp3) is 0.333. The van der Waals surface area contributed by atoms with Gasteiger partial charge in [-0.1, -0.05) is 29.5 Å². The van der Waals surface area contributed by atoms with Crippen molar-refractivity contribution in [1.29, 1.82) is 0 Å². The highest BCUT2D eigenvalue weighted by Crippen LogP contribution is 2.26. The number of ether oxygens (including phenoxy) is 1. The lowest BCUT2D eigenvalue weighted by atomic mass is 10.2. The van der Waals surface area contributed by atoms with E-state index in [0.717, 1.165) is 34.5 Å². The molecule has 0 saturated carbocycles. The Hall–Kier alpha value is -1.96. The van der Waals surface area contributed by atoms with Crippen LogP contribution < -0.4 is 5.32 Å². The van der Waals surface area contributed by atoms with Crippen LogP contribution >= 0.6 is 22.7 Å². The first kappa shape index (κ1) is 16.5. The van der Waals surface area contributed by atoms with E-state index in [1.807, 2.05) is 40.6 Å². The highest BCUT2D eigenvalue weighted by molar-refractivity contribution is 7.22. The second-order valence-corrected chi connectivity index (χ2v) is 8.07. The summed E-state index contributed by atoms with van der Waals surface area (Å²) in [6.07, 6.45) is 2.20. The molecule has 0 spiro atoms. The minimum absolute atomic E-state index is 0.122. The van der Waals surface area contributed by atoms with E-state index in [1.54, 1.807) is 11.3 Å². The quantitative estimate of drug-likeness (QED) is 0.713. The zero-order valence-electron chi connectivity index (χ0n) is 13.7. The summed E-state index contributed by atoms with van der Waals surface area (Å²) < 4.78 is 6.79. The number of aromatic nitrogens is 1. The Morgan fingerprint density at radius 3 is 3.00 bits per heavy atom. The summed E-state index contributed by atoms with van der Waals surface area (Å²) in [7, 11) is 0. The minimum Gasteiger partial charge on any atom is -0.376 e. The molecule has 1 saturated heterocycles. The van der Waals surface area contributed by atoms with Crippen molar-refractivity contribution in [2.24, 2.45) is 0 Å². The molecule has 130 valence electrons. The highest BCUT2D eigenvalue weighted by atomic mass is 32.1. The molecule has 5 nitrogen and oxygen atoms in total. The molecule has 1 aliphatic rings. The Bertz CT molecular complexity index is 808. The van der Waals surface area contributed by atoms with Crippen molar-refractivity contribution in [2.45, 2.75) is 25.5 Å². The van der Waals surface area contributed by atoms with E-state index in [2.05, 4.69) is 16.4 Å². The maximum absolute atomic E-state index is 12.8. The topological polar surface area (TPSA) is 54.5 Å². The normalized spacial score (nSPS) is 17.0. The largest absolute Gasteiger partial charge is 0.376 e. The van der Waals surface area contributed by atoms with Crippen LogP contribution in [-0.2, 0) is 11.3 Å². The van der Waals surface area contributed by atoms with Gasteiger partial charge in [-0.2, -0.15) is 0 Å². The Kier molecular flexibility index (Phi) is 4.96. The van der Waals surface area contributed by atoms with Gasteiger partial charge in [0.2, 0.25) is 0 Å². The van der Waals surface area contributed by atoms with Gasteiger partial charge < -0.3 is 9.64 Å². The SMILES string of the molecule is O=C(Nc1nc2ccccc2s1)N(Cc1cccs1)CC1CCCO1. The maximum Gasteiger partial charge on any atom is 0.324 e. The molecule has 1 fully saturated rings. The summed E-state index contributed by atoms with van der Waals surface area (Å²) in [6, 6.07) is 11.8. The first-order valence-corrected chi connectivity index (χ1v) is 10.0. The van der Waals surface area contributed by atoms with Crippen LogP contribution in [0.25, 0.3) is 10.2 Å². The molecule has 1 atom stereocenters. The number of hydrogen-bond donors (Lipinski definition) is 1. The van der Waals surface area contributed by atoms with Crippen LogP contribution in [0.1, 0.15) is 17.7 Å². The lowest BCUT2D eigenvalue weighted by Crippen LogP contribution is -2.39. The number of carbonyl (C=O) groups excluding carboxylic acids is 1. The second kappa shape index (κ2) is 7.51. The fourth-order valence-corrected chi connectivity index (χ4v) is 4.52. The average Bonchev–Trinajstić information content (AvgIpc) is 3.35. The summed E-state index contributed by atoms with van der Waals surface area (Å²) >= 11 is 3.16. The van der Waals surface area contributed by atoms with Crippen molar-refractivity contribution < 1.29 is 9.53 Å². The van der Waals surface area contributed by atoms with E-state index in [-0.39, 0.29) is 12.1 Å². The van der Waals surface area contributed by atoms with Gasteiger partial charge >= 0.3 is 6.03 Å². The molecule has 1 N–H and O–H groups in total. The molecule has 0 bridgehead atoms. The van der Waals surface area contributed by atoms with Crippen LogP contribution in [0.4, 0.5) is 9.93 Å². The van der Waals surface area contributed by atoms with Gasteiger partial charge in [-0.15, -0.1) is 11.3 Å². The monoisotopic (exact) mass is 373 g/mol. The predicted molar refractivity (Wildman–Crippen MR) is 102 cm³/mol. The molecule has 4 rings (SSSR count). The predicted octanol–water partition coefficient (Wildman–Crippen LogP) is 4.57.